The molecule has 1 aromatic heterocycles. The predicted octanol–water partition coefficient (Wildman–Crippen LogP) is 4.10. The number of hydrogen-bond donors (Lipinski definition) is 1. The van der Waals surface area contributed by atoms with Crippen molar-refractivity contribution < 1.29 is 4.74 Å². The fraction of sp³-hybridized carbons (Fsp3) is 0.375. The minimum absolute atomic E-state index is 0.209. The Morgan fingerprint density at radius 3 is 2.15 bits per heavy atom. The van der Waals surface area contributed by atoms with E-state index in [0.717, 1.165) is 11.3 Å². The summed E-state index contributed by atoms with van der Waals surface area (Å²) < 4.78 is 5.86. The van der Waals surface area contributed by atoms with Gasteiger partial charge in [0, 0.05) is 0 Å². The van der Waals surface area contributed by atoms with Gasteiger partial charge in [0.15, 0.2) is 0 Å². The van der Waals surface area contributed by atoms with E-state index in [2.05, 4.69) is 35.9 Å². The number of anilines is 1. The molecule has 0 spiro atoms. The largest absolute Gasteiger partial charge is 0.439 e. The van der Waals surface area contributed by atoms with E-state index in [1.54, 1.807) is 0 Å². The number of benzene rings is 1. The average molecular weight is 271 g/mol. The second kappa shape index (κ2) is 5.90. The fourth-order valence-corrected chi connectivity index (χ4v) is 2.05. The molecule has 0 aliphatic heterocycles. The highest BCUT2D eigenvalue weighted by Crippen LogP contribution is 2.31. The van der Waals surface area contributed by atoms with Crippen molar-refractivity contribution >= 4 is 5.82 Å². The van der Waals surface area contributed by atoms with Gasteiger partial charge in [0.2, 0.25) is 5.88 Å². The number of hydrogen-bond acceptors (Lipinski definition) is 4. The van der Waals surface area contributed by atoms with Crippen LogP contribution in [0.25, 0.3) is 0 Å². The second-order valence-electron chi connectivity index (χ2n) is 5.46. The zero-order chi connectivity index (χ0) is 14.7. The summed E-state index contributed by atoms with van der Waals surface area (Å²) in [7, 11) is 0. The summed E-state index contributed by atoms with van der Waals surface area (Å²) in [4.78, 5) is 8.23. The minimum Gasteiger partial charge on any atom is -0.439 e. The Morgan fingerprint density at radius 2 is 1.60 bits per heavy atom. The molecule has 0 saturated carbocycles. The highest BCUT2D eigenvalue weighted by molar-refractivity contribution is 5.48. The first-order valence-corrected chi connectivity index (χ1v) is 6.87. The first-order chi connectivity index (χ1) is 9.49. The summed E-state index contributed by atoms with van der Waals surface area (Å²) in [5.41, 5.74) is 8.04. The maximum atomic E-state index is 5.91. The smallest absolute Gasteiger partial charge is 0.227 e. The van der Waals surface area contributed by atoms with E-state index in [1.165, 1.54) is 11.9 Å². The molecular weight excluding hydrogens is 250 g/mol. The van der Waals surface area contributed by atoms with Crippen LogP contribution in [0.5, 0.6) is 11.6 Å². The molecule has 1 heterocycles. The Labute approximate surface area is 120 Å². The lowest BCUT2D eigenvalue weighted by Gasteiger charge is -2.14. The number of nitrogen functional groups attached to an aromatic ring is 1. The van der Waals surface area contributed by atoms with E-state index >= 15 is 0 Å². The van der Waals surface area contributed by atoms with E-state index in [0.29, 0.717) is 17.6 Å². The monoisotopic (exact) mass is 271 g/mol. The number of nitrogens with zero attached hydrogens (tertiary/aromatic N) is 2. The molecule has 0 atom stereocenters. The standard InChI is InChI=1S/C16H21N3O/c1-10(2)12-5-7-13(8-6-12)20-16-14(11(3)4)15(17)18-9-19-16/h5-11H,1-4H3,(H2,17,18,19). The molecule has 0 fully saturated rings. The van der Waals surface area contributed by atoms with Crippen molar-refractivity contribution in [2.45, 2.75) is 39.5 Å². The number of ether oxygens (including phenoxy) is 1. The third-order valence-corrected chi connectivity index (χ3v) is 3.22. The Balaban J connectivity index is 2.28. The van der Waals surface area contributed by atoms with Gasteiger partial charge in [-0.2, -0.15) is 0 Å². The Kier molecular flexibility index (Phi) is 4.23. The van der Waals surface area contributed by atoms with Gasteiger partial charge in [-0.25, -0.2) is 9.97 Å². The van der Waals surface area contributed by atoms with Crippen LogP contribution in [0, 0.1) is 0 Å². The molecule has 20 heavy (non-hydrogen) atoms. The first kappa shape index (κ1) is 14.3. The van der Waals surface area contributed by atoms with E-state index in [-0.39, 0.29) is 5.92 Å². The highest BCUT2D eigenvalue weighted by Gasteiger charge is 2.15. The summed E-state index contributed by atoms with van der Waals surface area (Å²) in [6.07, 6.45) is 1.43. The summed E-state index contributed by atoms with van der Waals surface area (Å²) in [5, 5.41) is 0. The van der Waals surface area contributed by atoms with Crippen molar-refractivity contribution in [2.24, 2.45) is 0 Å². The van der Waals surface area contributed by atoms with Crippen molar-refractivity contribution in [1.82, 2.24) is 9.97 Å². The quantitative estimate of drug-likeness (QED) is 0.909. The van der Waals surface area contributed by atoms with Gasteiger partial charge in [-0.3, -0.25) is 0 Å². The summed E-state index contributed by atoms with van der Waals surface area (Å²) in [5.74, 6) is 2.48. The van der Waals surface area contributed by atoms with Crippen LogP contribution in [-0.4, -0.2) is 9.97 Å². The maximum Gasteiger partial charge on any atom is 0.227 e. The molecule has 0 saturated heterocycles. The van der Waals surface area contributed by atoms with Crippen LogP contribution in [0.15, 0.2) is 30.6 Å². The molecule has 4 nitrogen and oxygen atoms in total. The van der Waals surface area contributed by atoms with E-state index in [9.17, 15) is 0 Å². The average Bonchev–Trinajstić information content (AvgIpc) is 2.39. The Morgan fingerprint density at radius 1 is 0.950 bits per heavy atom. The molecule has 2 N–H and O–H groups in total. The predicted molar refractivity (Wildman–Crippen MR) is 81.1 cm³/mol. The minimum atomic E-state index is 0.209. The first-order valence-electron chi connectivity index (χ1n) is 6.87. The Bertz CT molecular complexity index is 577. The van der Waals surface area contributed by atoms with Crippen molar-refractivity contribution in [3.05, 3.63) is 41.7 Å². The van der Waals surface area contributed by atoms with Gasteiger partial charge >= 0.3 is 0 Å². The third kappa shape index (κ3) is 3.07. The molecule has 0 aliphatic rings. The molecule has 106 valence electrons. The Hall–Kier alpha value is -2.10. The molecular formula is C16H21N3O. The van der Waals surface area contributed by atoms with Crippen LogP contribution in [0.4, 0.5) is 5.82 Å². The van der Waals surface area contributed by atoms with Gasteiger partial charge in [-0.1, -0.05) is 39.8 Å². The normalized spacial score (nSPS) is 11.1. The van der Waals surface area contributed by atoms with Crippen molar-refractivity contribution in [3.8, 4) is 11.6 Å². The maximum absolute atomic E-state index is 5.91. The second-order valence-corrected chi connectivity index (χ2v) is 5.46. The molecule has 0 unspecified atom stereocenters. The molecule has 4 heteroatoms. The van der Waals surface area contributed by atoms with Crippen LogP contribution in [0.1, 0.15) is 50.7 Å². The van der Waals surface area contributed by atoms with Gasteiger partial charge in [0.25, 0.3) is 0 Å². The molecule has 0 amide bonds. The third-order valence-electron chi connectivity index (χ3n) is 3.22. The fourth-order valence-electron chi connectivity index (χ4n) is 2.05. The van der Waals surface area contributed by atoms with Gasteiger partial charge in [-0.15, -0.1) is 0 Å². The number of aromatic nitrogens is 2. The van der Waals surface area contributed by atoms with Crippen LogP contribution in [0.2, 0.25) is 0 Å². The molecule has 2 aromatic rings. The highest BCUT2D eigenvalue weighted by atomic mass is 16.5. The van der Waals surface area contributed by atoms with Gasteiger partial charge in [-0.05, 0) is 29.5 Å². The molecule has 1 aromatic carbocycles. The lowest BCUT2D eigenvalue weighted by molar-refractivity contribution is 0.451. The van der Waals surface area contributed by atoms with Crippen molar-refractivity contribution in [2.75, 3.05) is 5.73 Å². The summed E-state index contributed by atoms with van der Waals surface area (Å²) in [6, 6.07) is 8.05. The van der Waals surface area contributed by atoms with Crippen LogP contribution >= 0.6 is 0 Å². The van der Waals surface area contributed by atoms with Crippen LogP contribution in [-0.2, 0) is 0 Å². The number of nitrogens with two attached hydrogens (primary N) is 1. The topological polar surface area (TPSA) is 61.0 Å². The molecule has 0 bridgehead atoms. The molecule has 0 radical (unpaired) electrons. The summed E-state index contributed by atoms with van der Waals surface area (Å²) >= 11 is 0. The van der Waals surface area contributed by atoms with Gasteiger partial charge in [0.05, 0.1) is 5.56 Å². The molecule has 2 rings (SSSR count). The molecule has 0 aliphatic carbocycles. The zero-order valence-electron chi connectivity index (χ0n) is 12.4. The van der Waals surface area contributed by atoms with Gasteiger partial charge < -0.3 is 10.5 Å². The van der Waals surface area contributed by atoms with Crippen LogP contribution in [0.3, 0.4) is 0 Å². The lowest BCUT2D eigenvalue weighted by atomic mass is 10.0. The zero-order valence-corrected chi connectivity index (χ0v) is 12.4. The summed E-state index contributed by atoms with van der Waals surface area (Å²) in [6.45, 7) is 8.42. The van der Waals surface area contributed by atoms with Crippen molar-refractivity contribution in [3.63, 3.8) is 0 Å². The van der Waals surface area contributed by atoms with E-state index < -0.39 is 0 Å². The van der Waals surface area contributed by atoms with Gasteiger partial charge in [0.1, 0.15) is 17.9 Å². The van der Waals surface area contributed by atoms with E-state index in [4.69, 9.17) is 10.5 Å². The lowest BCUT2D eigenvalue weighted by Crippen LogP contribution is -2.04. The van der Waals surface area contributed by atoms with Crippen molar-refractivity contribution in [1.29, 1.82) is 0 Å². The number of rotatable bonds is 4. The van der Waals surface area contributed by atoms with E-state index in [1.807, 2.05) is 26.0 Å². The van der Waals surface area contributed by atoms with Crippen LogP contribution < -0.4 is 10.5 Å². The SMILES string of the molecule is CC(C)c1ccc(Oc2ncnc(N)c2C(C)C)cc1.